The zero-order valence-electron chi connectivity index (χ0n) is 18.6. The lowest BCUT2D eigenvalue weighted by Gasteiger charge is -2.40. The molecule has 1 fully saturated rings. The lowest BCUT2D eigenvalue weighted by Crippen LogP contribution is -2.46. The molecule has 1 atom stereocenters. The van der Waals surface area contributed by atoms with Crippen LogP contribution in [0.15, 0.2) is 53.5 Å². The van der Waals surface area contributed by atoms with Crippen molar-refractivity contribution in [2.75, 3.05) is 19.6 Å². The average molecular weight is 437 g/mol. The van der Waals surface area contributed by atoms with Gasteiger partial charge in [-0.25, -0.2) is 0 Å². The van der Waals surface area contributed by atoms with Crippen LogP contribution in [0.2, 0.25) is 0 Å². The van der Waals surface area contributed by atoms with Crippen LogP contribution in [0.4, 0.5) is 0 Å². The standard InChI is InChI=1S/C25H32N4O3/c1-2-26-24(28-16-15-27-23(31)18-9-11-19(30)12-10-18)29-21-17-25(13-5-6-14-25)32-22-8-4-3-7-20(21)22/h3-4,7-12,21,30H,2,5-6,13-17H2,1H3,(H,27,31)(H2,26,28,29). The van der Waals surface area contributed by atoms with Crippen molar-refractivity contribution in [3.8, 4) is 11.5 Å². The molecule has 2 aromatic carbocycles. The van der Waals surface area contributed by atoms with Crippen LogP contribution in [0.25, 0.3) is 0 Å². The van der Waals surface area contributed by atoms with Crippen LogP contribution in [0, 0.1) is 0 Å². The fourth-order valence-corrected chi connectivity index (χ4v) is 4.61. The fraction of sp³-hybridized carbons (Fsp3) is 0.440. The molecule has 1 aliphatic carbocycles. The molecule has 1 heterocycles. The molecule has 7 nitrogen and oxygen atoms in total. The van der Waals surface area contributed by atoms with Gasteiger partial charge in [0.25, 0.3) is 5.91 Å². The Morgan fingerprint density at radius 2 is 1.88 bits per heavy atom. The van der Waals surface area contributed by atoms with Crippen LogP contribution in [0.3, 0.4) is 0 Å². The summed E-state index contributed by atoms with van der Waals surface area (Å²) >= 11 is 0. The third-order valence-corrected chi connectivity index (χ3v) is 6.16. The maximum Gasteiger partial charge on any atom is 0.251 e. The highest BCUT2D eigenvalue weighted by Crippen LogP contribution is 2.46. The van der Waals surface area contributed by atoms with Crippen molar-refractivity contribution in [1.29, 1.82) is 0 Å². The normalized spacial score (nSPS) is 19.2. The number of fused-ring (bicyclic) bond motifs is 1. The predicted octanol–water partition coefficient (Wildman–Crippen LogP) is 3.51. The number of phenols is 1. The molecule has 1 aliphatic heterocycles. The molecule has 32 heavy (non-hydrogen) atoms. The van der Waals surface area contributed by atoms with Gasteiger partial charge in [0.2, 0.25) is 0 Å². The van der Waals surface area contributed by atoms with Crippen molar-refractivity contribution in [3.63, 3.8) is 0 Å². The van der Waals surface area contributed by atoms with Gasteiger partial charge in [-0.2, -0.15) is 0 Å². The number of para-hydroxylation sites is 1. The summed E-state index contributed by atoms with van der Waals surface area (Å²) in [7, 11) is 0. The Hall–Kier alpha value is -3.22. The van der Waals surface area contributed by atoms with Crippen LogP contribution < -0.4 is 20.7 Å². The molecule has 0 saturated heterocycles. The number of guanidine groups is 1. The summed E-state index contributed by atoms with van der Waals surface area (Å²) in [4.78, 5) is 16.9. The molecule has 2 aliphatic rings. The van der Waals surface area contributed by atoms with Crippen LogP contribution in [0.5, 0.6) is 11.5 Å². The molecule has 1 amide bonds. The van der Waals surface area contributed by atoms with E-state index in [2.05, 4.69) is 33.1 Å². The Balaban J connectivity index is 1.39. The lowest BCUT2D eigenvalue weighted by molar-refractivity contribution is 0.0396. The summed E-state index contributed by atoms with van der Waals surface area (Å²) in [6.07, 6.45) is 5.53. The number of rotatable bonds is 6. The van der Waals surface area contributed by atoms with Crippen molar-refractivity contribution in [3.05, 3.63) is 59.7 Å². The number of nitrogens with zero attached hydrogens (tertiary/aromatic N) is 1. The molecular weight excluding hydrogens is 404 g/mol. The number of hydrogen-bond acceptors (Lipinski definition) is 4. The summed E-state index contributed by atoms with van der Waals surface area (Å²) in [6.45, 7) is 3.67. The zero-order chi connectivity index (χ0) is 22.4. The van der Waals surface area contributed by atoms with Crippen LogP contribution in [0.1, 0.15) is 61.0 Å². The van der Waals surface area contributed by atoms with E-state index in [1.807, 2.05) is 19.1 Å². The van der Waals surface area contributed by atoms with Crippen molar-refractivity contribution in [2.24, 2.45) is 4.99 Å². The average Bonchev–Trinajstić information content (AvgIpc) is 3.24. The van der Waals surface area contributed by atoms with Crippen molar-refractivity contribution in [2.45, 2.75) is 50.7 Å². The Bertz CT molecular complexity index is 952. The molecule has 1 saturated carbocycles. The highest BCUT2D eigenvalue weighted by atomic mass is 16.5. The molecule has 2 aromatic rings. The van der Waals surface area contributed by atoms with Gasteiger partial charge >= 0.3 is 0 Å². The minimum atomic E-state index is -0.181. The Kier molecular flexibility index (Phi) is 6.83. The quantitative estimate of drug-likeness (QED) is 0.316. The summed E-state index contributed by atoms with van der Waals surface area (Å²) in [5, 5.41) is 19.2. The topological polar surface area (TPSA) is 95.0 Å². The SMILES string of the molecule is CCNC(=NCCNC(=O)c1ccc(O)cc1)NC1CC2(CCCC2)Oc2ccccc21. The summed E-state index contributed by atoms with van der Waals surface area (Å²) < 4.78 is 6.46. The van der Waals surface area contributed by atoms with E-state index in [9.17, 15) is 9.90 Å². The van der Waals surface area contributed by atoms with Gasteiger partial charge in [0, 0.05) is 30.6 Å². The molecule has 0 aromatic heterocycles. The van der Waals surface area contributed by atoms with Crippen molar-refractivity contribution in [1.82, 2.24) is 16.0 Å². The fourth-order valence-electron chi connectivity index (χ4n) is 4.61. The molecule has 7 heteroatoms. The number of benzene rings is 2. The Morgan fingerprint density at radius 1 is 1.12 bits per heavy atom. The first-order valence-electron chi connectivity index (χ1n) is 11.5. The maximum absolute atomic E-state index is 12.2. The van der Waals surface area contributed by atoms with Gasteiger partial charge in [0.15, 0.2) is 5.96 Å². The monoisotopic (exact) mass is 436 g/mol. The van der Waals surface area contributed by atoms with Gasteiger partial charge in [-0.3, -0.25) is 9.79 Å². The van der Waals surface area contributed by atoms with E-state index in [1.54, 1.807) is 12.1 Å². The van der Waals surface area contributed by atoms with Gasteiger partial charge in [0.1, 0.15) is 17.1 Å². The summed E-state index contributed by atoms with van der Waals surface area (Å²) in [6, 6.07) is 14.6. The van der Waals surface area contributed by atoms with Crippen molar-refractivity contribution >= 4 is 11.9 Å². The molecule has 170 valence electrons. The second kappa shape index (κ2) is 9.94. The number of amides is 1. The number of ether oxygens (including phenoxy) is 1. The number of carbonyl (C=O) groups is 1. The van der Waals surface area contributed by atoms with E-state index in [4.69, 9.17) is 4.74 Å². The largest absolute Gasteiger partial charge is 0.508 e. The van der Waals surface area contributed by atoms with Crippen LogP contribution in [-0.4, -0.2) is 42.2 Å². The van der Waals surface area contributed by atoms with Gasteiger partial charge < -0.3 is 25.8 Å². The van der Waals surface area contributed by atoms with E-state index >= 15 is 0 Å². The number of carbonyl (C=O) groups excluding carboxylic acids is 1. The van der Waals surface area contributed by atoms with E-state index in [0.29, 0.717) is 18.7 Å². The second-order valence-electron chi connectivity index (χ2n) is 8.49. The molecule has 0 bridgehead atoms. The molecule has 4 N–H and O–H groups in total. The van der Waals surface area contributed by atoms with Gasteiger partial charge in [0.05, 0.1) is 12.6 Å². The molecule has 1 spiro atoms. The molecule has 1 unspecified atom stereocenters. The predicted molar refractivity (Wildman–Crippen MR) is 125 cm³/mol. The summed E-state index contributed by atoms with van der Waals surface area (Å²) in [5.41, 5.74) is 1.59. The smallest absolute Gasteiger partial charge is 0.251 e. The molecule has 0 radical (unpaired) electrons. The van der Waals surface area contributed by atoms with Crippen LogP contribution >= 0.6 is 0 Å². The minimum Gasteiger partial charge on any atom is -0.508 e. The number of hydrogen-bond donors (Lipinski definition) is 4. The van der Waals surface area contributed by atoms with Gasteiger partial charge in [-0.1, -0.05) is 18.2 Å². The van der Waals surface area contributed by atoms with Crippen LogP contribution in [-0.2, 0) is 0 Å². The van der Waals surface area contributed by atoms with E-state index in [-0.39, 0.29) is 23.3 Å². The Labute approximate surface area is 189 Å². The van der Waals surface area contributed by atoms with Gasteiger partial charge in [-0.15, -0.1) is 0 Å². The summed E-state index contributed by atoms with van der Waals surface area (Å²) in [5.74, 6) is 1.66. The third kappa shape index (κ3) is 5.15. The van der Waals surface area contributed by atoms with Crippen molar-refractivity contribution < 1.29 is 14.6 Å². The third-order valence-electron chi connectivity index (χ3n) is 6.16. The number of nitrogens with one attached hydrogen (secondary N) is 3. The molecular formula is C25H32N4O3. The first kappa shape index (κ1) is 22.0. The van der Waals surface area contributed by atoms with E-state index < -0.39 is 0 Å². The number of phenolic OH excluding ortho intramolecular Hbond substituents is 1. The Morgan fingerprint density at radius 3 is 2.62 bits per heavy atom. The highest BCUT2D eigenvalue weighted by molar-refractivity contribution is 5.94. The lowest BCUT2D eigenvalue weighted by atomic mass is 9.86. The first-order valence-corrected chi connectivity index (χ1v) is 11.5. The zero-order valence-corrected chi connectivity index (χ0v) is 18.6. The van der Waals surface area contributed by atoms with E-state index in [0.717, 1.165) is 43.1 Å². The first-order chi connectivity index (χ1) is 15.6. The molecule has 4 rings (SSSR count). The van der Waals surface area contributed by atoms with Gasteiger partial charge in [-0.05, 0) is 62.9 Å². The van der Waals surface area contributed by atoms with E-state index in [1.165, 1.54) is 25.0 Å². The highest BCUT2D eigenvalue weighted by Gasteiger charge is 2.43. The second-order valence-corrected chi connectivity index (χ2v) is 8.49. The minimum absolute atomic E-state index is 0.0819. The maximum atomic E-state index is 12.2. The number of aliphatic imine (C=N–C) groups is 1. The number of aromatic hydroxyl groups is 1.